The smallest absolute Gasteiger partial charge is 0.242 e. The Kier molecular flexibility index (Phi) is 4.53. The molecular formula is C13H17N3O3S. The third kappa shape index (κ3) is 3.44. The topological polar surface area (TPSA) is 98.2 Å². The van der Waals surface area contributed by atoms with Crippen molar-refractivity contribution in [2.24, 2.45) is 5.73 Å². The molecule has 0 aliphatic carbocycles. The van der Waals surface area contributed by atoms with Gasteiger partial charge >= 0.3 is 0 Å². The molecule has 0 aromatic carbocycles. The van der Waals surface area contributed by atoms with Crippen molar-refractivity contribution in [3.05, 3.63) is 48.2 Å². The van der Waals surface area contributed by atoms with Crippen LogP contribution in [0, 0.1) is 0 Å². The Morgan fingerprint density at radius 2 is 2.20 bits per heavy atom. The summed E-state index contributed by atoms with van der Waals surface area (Å²) in [6, 6.07) is 6.35. The monoisotopic (exact) mass is 295 g/mol. The van der Waals surface area contributed by atoms with Crippen LogP contribution in [0.3, 0.4) is 0 Å². The zero-order valence-electron chi connectivity index (χ0n) is 11.1. The van der Waals surface area contributed by atoms with Crippen LogP contribution in [-0.2, 0) is 23.0 Å². The summed E-state index contributed by atoms with van der Waals surface area (Å²) >= 11 is 0. The SMILES string of the molecule is CC(Cc1ccco1)NS(=O)(=O)c1cccnc1CN. The van der Waals surface area contributed by atoms with E-state index in [1.54, 1.807) is 31.4 Å². The van der Waals surface area contributed by atoms with Gasteiger partial charge in [0.25, 0.3) is 0 Å². The van der Waals surface area contributed by atoms with Gasteiger partial charge in [0.2, 0.25) is 10.0 Å². The normalized spacial score (nSPS) is 13.3. The summed E-state index contributed by atoms with van der Waals surface area (Å²) in [6.07, 6.45) is 3.56. The summed E-state index contributed by atoms with van der Waals surface area (Å²) in [6.45, 7) is 1.85. The van der Waals surface area contributed by atoms with Crippen LogP contribution in [0.2, 0.25) is 0 Å². The van der Waals surface area contributed by atoms with Crippen LogP contribution in [0.1, 0.15) is 18.4 Å². The van der Waals surface area contributed by atoms with E-state index in [1.807, 2.05) is 0 Å². The Morgan fingerprint density at radius 1 is 1.40 bits per heavy atom. The van der Waals surface area contributed by atoms with Crippen molar-refractivity contribution in [3.8, 4) is 0 Å². The Morgan fingerprint density at radius 3 is 2.85 bits per heavy atom. The molecule has 108 valence electrons. The van der Waals surface area contributed by atoms with Crippen molar-refractivity contribution < 1.29 is 12.8 Å². The minimum Gasteiger partial charge on any atom is -0.469 e. The lowest BCUT2D eigenvalue weighted by Crippen LogP contribution is -2.34. The average Bonchev–Trinajstić information content (AvgIpc) is 2.90. The lowest BCUT2D eigenvalue weighted by Gasteiger charge is -2.14. The molecular weight excluding hydrogens is 278 g/mol. The van der Waals surface area contributed by atoms with Crippen LogP contribution in [0.15, 0.2) is 46.0 Å². The van der Waals surface area contributed by atoms with Crippen molar-refractivity contribution >= 4 is 10.0 Å². The maximum atomic E-state index is 12.3. The number of nitrogens with one attached hydrogen (secondary N) is 1. The molecule has 0 saturated carbocycles. The van der Waals surface area contributed by atoms with Crippen LogP contribution < -0.4 is 10.5 Å². The highest BCUT2D eigenvalue weighted by atomic mass is 32.2. The van der Waals surface area contributed by atoms with E-state index in [0.29, 0.717) is 12.1 Å². The Bertz CT molecular complexity index is 653. The fourth-order valence-electron chi connectivity index (χ4n) is 1.92. The number of rotatable bonds is 6. The predicted octanol–water partition coefficient (Wildman–Crippen LogP) is 1.04. The largest absolute Gasteiger partial charge is 0.469 e. The Labute approximate surface area is 118 Å². The molecule has 7 heteroatoms. The van der Waals surface area contributed by atoms with E-state index >= 15 is 0 Å². The molecule has 2 aromatic rings. The van der Waals surface area contributed by atoms with Crippen molar-refractivity contribution in [3.63, 3.8) is 0 Å². The van der Waals surface area contributed by atoms with Crippen molar-refractivity contribution in [2.45, 2.75) is 30.8 Å². The zero-order valence-corrected chi connectivity index (χ0v) is 11.9. The molecule has 0 aliphatic rings. The summed E-state index contributed by atoms with van der Waals surface area (Å²) in [7, 11) is -3.64. The van der Waals surface area contributed by atoms with E-state index in [-0.39, 0.29) is 17.5 Å². The summed E-state index contributed by atoms with van der Waals surface area (Å²) < 4.78 is 32.4. The Hall–Kier alpha value is -1.70. The molecule has 0 saturated heterocycles. The molecule has 3 N–H and O–H groups in total. The third-order valence-corrected chi connectivity index (χ3v) is 4.44. The van der Waals surface area contributed by atoms with E-state index in [9.17, 15) is 8.42 Å². The number of hydrogen-bond donors (Lipinski definition) is 2. The van der Waals surface area contributed by atoms with Crippen molar-refractivity contribution in [2.75, 3.05) is 0 Å². The second-order valence-electron chi connectivity index (χ2n) is 4.46. The second kappa shape index (κ2) is 6.17. The number of nitrogens with two attached hydrogens (primary N) is 1. The highest BCUT2D eigenvalue weighted by molar-refractivity contribution is 7.89. The highest BCUT2D eigenvalue weighted by Crippen LogP contribution is 2.14. The fraction of sp³-hybridized carbons (Fsp3) is 0.308. The van der Waals surface area contributed by atoms with Crippen LogP contribution in [-0.4, -0.2) is 19.4 Å². The summed E-state index contributed by atoms with van der Waals surface area (Å²) in [5, 5.41) is 0. The van der Waals surface area contributed by atoms with Crippen molar-refractivity contribution in [1.29, 1.82) is 0 Å². The molecule has 2 rings (SSSR count). The number of sulfonamides is 1. The van der Waals surface area contributed by atoms with E-state index in [2.05, 4.69) is 9.71 Å². The van der Waals surface area contributed by atoms with E-state index in [1.165, 1.54) is 12.3 Å². The maximum Gasteiger partial charge on any atom is 0.242 e. The van der Waals surface area contributed by atoms with Gasteiger partial charge in [0.05, 0.1) is 12.0 Å². The lowest BCUT2D eigenvalue weighted by atomic mass is 10.2. The molecule has 2 heterocycles. The molecule has 0 spiro atoms. The summed E-state index contributed by atoms with van der Waals surface area (Å²) in [5.74, 6) is 0.727. The van der Waals surface area contributed by atoms with Crippen molar-refractivity contribution in [1.82, 2.24) is 9.71 Å². The molecule has 20 heavy (non-hydrogen) atoms. The number of pyridine rings is 1. The zero-order chi connectivity index (χ0) is 14.6. The standard InChI is InChI=1S/C13H17N3O3S/c1-10(8-11-4-3-7-19-11)16-20(17,18)13-5-2-6-15-12(13)9-14/h2-7,10,16H,8-9,14H2,1H3. The average molecular weight is 295 g/mol. The molecule has 0 fully saturated rings. The van der Waals surface area contributed by atoms with Gasteiger partial charge in [-0.3, -0.25) is 4.98 Å². The minimum atomic E-state index is -3.64. The van der Waals surface area contributed by atoms with Gasteiger partial charge < -0.3 is 10.2 Å². The first-order valence-corrected chi connectivity index (χ1v) is 7.70. The number of nitrogens with zero attached hydrogens (tertiary/aromatic N) is 1. The minimum absolute atomic E-state index is 0.0731. The van der Waals surface area contributed by atoms with Gasteiger partial charge in [0, 0.05) is 25.2 Å². The van der Waals surface area contributed by atoms with Crippen LogP contribution in [0.5, 0.6) is 0 Å². The molecule has 2 aromatic heterocycles. The van der Waals surface area contributed by atoms with E-state index < -0.39 is 10.0 Å². The Balaban J connectivity index is 2.14. The number of aromatic nitrogens is 1. The quantitative estimate of drug-likeness (QED) is 0.829. The first kappa shape index (κ1) is 14.7. The first-order chi connectivity index (χ1) is 9.53. The second-order valence-corrected chi connectivity index (χ2v) is 6.14. The van der Waals surface area contributed by atoms with Gasteiger partial charge in [0.1, 0.15) is 10.7 Å². The maximum absolute atomic E-state index is 12.3. The molecule has 0 amide bonds. The third-order valence-electron chi connectivity index (χ3n) is 2.78. The number of hydrogen-bond acceptors (Lipinski definition) is 5. The lowest BCUT2D eigenvalue weighted by molar-refractivity contribution is 0.478. The fourth-order valence-corrected chi connectivity index (χ4v) is 3.37. The van der Waals surface area contributed by atoms with E-state index in [0.717, 1.165) is 5.76 Å². The molecule has 1 unspecified atom stereocenters. The van der Waals surface area contributed by atoms with Gasteiger partial charge in [0.15, 0.2) is 0 Å². The van der Waals surface area contributed by atoms with Crippen LogP contribution >= 0.6 is 0 Å². The molecule has 0 radical (unpaired) electrons. The molecule has 0 bridgehead atoms. The summed E-state index contributed by atoms with van der Waals surface area (Å²) in [4.78, 5) is 4.10. The number of furan rings is 1. The van der Waals surface area contributed by atoms with Gasteiger partial charge in [-0.05, 0) is 31.2 Å². The van der Waals surface area contributed by atoms with Crippen LogP contribution in [0.4, 0.5) is 0 Å². The van der Waals surface area contributed by atoms with Crippen LogP contribution in [0.25, 0.3) is 0 Å². The first-order valence-electron chi connectivity index (χ1n) is 6.21. The summed E-state index contributed by atoms with van der Waals surface area (Å²) in [5.41, 5.74) is 5.87. The van der Waals surface area contributed by atoms with E-state index in [4.69, 9.17) is 10.2 Å². The van der Waals surface area contributed by atoms with Gasteiger partial charge in [-0.1, -0.05) is 0 Å². The highest BCUT2D eigenvalue weighted by Gasteiger charge is 2.21. The molecule has 6 nitrogen and oxygen atoms in total. The predicted molar refractivity (Wildman–Crippen MR) is 74.3 cm³/mol. The van der Waals surface area contributed by atoms with Gasteiger partial charge in [-0.2, -0.15) is 0 Å². The molecule has 1 atom stereocenters. The molecule has 0 aliphatic heterocycles. The van der Waals surface area contributed by atoms with Gasteiger partial charge in [-0.25, -0.2) is 13.1 Å². The van der Waals surface area contributed by atoms with Gasteiger partial charge in [-0.15, -0.1) is 0 Å².